The fourth-order valence-electron chi connectivity index (χ4n) is 3.14. The van der Waals surface area contributed by atoms with Gasteiger partial charge in [0.1, 0.15) is 29.4 Å². The second-order valence-electron chi connectivity index (χ2n) is 6.33. The first-order valence-electron chi connectivity index (χ1n) is 8.56. The summed E-state index contributed by atoms with van der Waals surface area (Å²) in [7, 11) is 0. The molecule has 0 radical (unpaired) electrons. The summed E-state index contributed by atoms with van der Waals surface area (Å²) in [5, 5.41) is 12.5. The molecule has 0 aliphatic rings. The van der Waals surface area contributed by atoms with Crippen LogP contribution in [0.5, 0.6) is 0 Å². The van der Waals surface area contributed by atoms with Crippen LogP contribution in [0.25, 0.3) is 21.6 Å². The molecule has 0 saturated carbocycles. The minimum Gasteiger partial charge on any atom is -0.384 e. The average Bonchev–Trinajstić information content (AvgIpc) is 3.16. The summed E-state index contributed by atoms with van der Waals surface area (Å²) in [6, 6.07) is 9.14. The highest BCUT2D eigenvalue weighted by Gasteiger charge is 2.26. The lowest BCUT2D eigenvalue weighted by Gasteiger charge is -2.16. The first kappa shape index (κ1) is 19.3. The Labute approximate surface area is 167 Å². The molecule has 29 heavy (non-hydrogen) atoms. The third-order valence-electron chi connectivity index (χ3n) is 4.49. The van der Waals surface area contributed by atoms with Crippen LogP contribution in [-0.2, 0) is 0 Å². The summed E-state index contributed by atoms with van der Waals surface area (Å²) < 4.78 is 56.5. The van der Waals surface area contributed by atoms with Gasteiger partial charge in [-0.1, -0.05) is 6.07 Å². The normalized spacial score (nSPS) is 12.2. The molecule has 4 rings (SSSR count). The van der Waals surface area contributed by atoms with Crippen LogP contribution in [-0.4, -0.2) is 10.1 Å². The van der Waals surface area contributed by atoms with Crippen molar-refractivity contribution in [3.05, 3.63) is 101 Å². The van der Waals surface area contributed by atoms with E-state index in [1.54, 1.807) is 12.1 Å². The van der Waals surface area contributed by atoms with Crippen LogP contribution in [0.2, 0.25) is 0 Å². The number of hydrogen-bond acceptors (Lipinski definition) is 3. The smallest absolute Gasteiger partial charge is 0.132 e. The van der Waals surface area contributed by atoms with Gasteiger partial charge in [0.05, 0.1) is 0 Å². The number of nitrogens with zero attached hydrogens (tertiary/aromatic N) is 1. The first-order chi connectivity index (χ1) is 14.0. The number of rotatable bonds is 4. The van der Waals surface area contributed by atoms with Crippen LogP contribution in [0.15, 0.2) is 66.3 Å². The lowest BCUT2D eigenvalue weighted by molar-refractivity contribution is 0.221. The summed E-state index contributed by atoms with van der Waals surface area (Å²) in [6.07, 6.45) is 1.62. The molecule has 0 spiro atoms. The maximum absolute atomic E-state index is 14.5. The van der Waals surface area contributed by atoms with E-state index in [1.807, 2.05) is 0 Å². The Balaban J connectivity index is 1.99. The molecule has 0 aliphatic carbocycles. The molecule has 2 nitrogen and oxygen atoms in total. The van der Waals surface area contributed by atoms with Crippen LogP contribution >= 0.6 is 11.3 Å². The van der Waals surface area contributed by atoms with Crippen molar-refractivity contribution in [2.75, 3.05) is 0 Å². The number of benzene rings is 2. The van der Waals surface area contributed by atoms with E-state index in [0.29, 0.717) is 5.56 Å². The molecular weight excluding hydrogens is 402 g/mol. The summed E-state index contributed by atoms with van der Waals surface area (Å²) in [4.78, 5) is 4.18. The van der Waals surface area contributed by atoms with Crippen LogP contribution < -0.4 is 0 Å². The van der Waals surface area contributed by atoms with Crippen LogP contribution in [0.4, 0.5) is 17.6 Å². The molecule has 0 saturated heterocycles. The highest BCUT2D eigenvalue weighted by atomic mass is 32.1. The highest BCUT2D eigenvalue weighted by Crippen LogP contribution is 2.45. The van der Waals surface area contributed by atoms with E-state index in [1.165, 1.54) is 17.8 Å². The van der Waals surface area contributed by atoms with Gasteiger partial charge in [-0.15, -0.1) is 11.3 Å². The van der Waals surface area contributed by atoms with Crippen LogP contribution in [0, 0.1) is 23.3 Å². The van der Waals surface area contributed by atoms with Crippen molar-refractivity contribution in [1.82, 2.24) is 4.98 Å². The van der Waals surface area contributed by atoms with E-state index in [2.05, 4.69) is 4.98 Å². The SMILES string of the molecule is OC(c1cccnc1)c1c(-c2cc(F)ccc2F)csc1-c1cc(F)ccc1F. The van der Waals surface area contributed by atoms with E-state index < -0.39 is 29.4 Å². The zero-order valence-corrected chi connectivity index (χ0v) is 15.6. The molecule has 7 heteroatoms. The maximum atomic E-state index is 14.5. The van der Waals surface area contributed by atoms with Gasteiger partial charge in [0, 0.05) is 45.1 Å². The number of hydrogen-bond donors (Lipinski definition) is 1. The second-order valence-corrected chi connectivity index (χ2v) is 7.21. The quantitative estimate of drug-likeness (QED) is 0.408. The van der Waals surface area contributed by atoms with Crippen molar-refractivity contribution < 1.29 is 22.7 Å². The Bertz CT molecular complexity index is 1110. The molecule has 2 aromatic heterocycles. The predicted octanol–water partition coefficient (Wildman–Crippen LogP) is 6.12. The minimum absolute atomic E-state index is 0.0731. The molecular formula is C22H13F4NOS. The van der Waals surface area contributed by atoms with Crippen LogP contribution in [0.3, 0.4) is 0 Å². The van der Waals surface area contributed by atoms with Crippen molar-refractivity contribution in [3.8, 4) is 21.6 Å². The van der Waals surface area contributed by atoms with E-state index in [4.69, 9.17) is 0 Å². The largest absolute Gasteiger partial charge is 0.384 e. The second kappa shape index (κ2) is 7.77. The summed E-state index contributed by atoms with van der Waals surface area (Å²) in [6.45, 7) is 0. The number of aromatic nitrogens is 1. The number of aliphatic hydroxyl groups excluding tert-OH is 1. The number of halogens is 4. The van der Waals surface area contributed by atoms with E-state index in [-0.39, 0.29) is 27.1 Å². The van der Waals surface area contributed by atoms with E-state index in [0.717, 1.165) is 47.7 Å². The molecule has 0 fully saturated rings. The van der Waals surface area contributed by atoms with Crippen LogP contribution in [0.1, 0.15) is 17.2 Å². The van der Waals surface area contributed by atoms with Gasteiger partial charge in [-0.05, 0) is 47.8 Å². The molecule has 4 aromatic rings. The topological polar surface area (TPSA) is 33.1 Å². The maximum Gasteiger partial charge on any atom is 0.132 e. The van der Waals surface area contributed by atoms with E-state index in [9.17, 15) is 22.7 Å². The Morgan fingerprint density at radius 2 is 1.48 bits per heavy atom. The van der Waals surface area contributed by atoms with Crippen molar-refractivity contribution in [2.45, 2.75) is 6.10 Å². The van der Waals surface area contributed by atoms with Gasteiger partial charge >= 0.3 is 0 Å². The van der Waals surface area contributed by atoms with Crippen molar-refractivity contribution in [3.63, 3.8) is 0 Å². The lowest BCUT2D eigenvalue weighted by Crippen LogP contribution is -2.03. The van der Waals surface area contributed by atoms with Gasteiger partial charge in [-0.2, -0.15) is 0 Å². The minimum atomic E-state index is -1.31. The lowest BCUT2D eigenvalue weighted by atomic mass is 9.93. The van der Waals surface area contributed by atoms with Crippen molar-refractivity contribution >= 4 is 11.3 Å². The molecule has 0 aliphatic heterocycles. The van der Waals surface area contributed by atoms with Gasteiger partial charge in [0.25, 0.3) is 0 Å². The molecule has 0 bridgehead atoms. The van der Waals surface area contributed by atoms with Gasteiger partial charge in [0.15, 0.2) is 0 Å². The highest BCUT2D eigenvalue weighted by molar-refractivity contribution is 7.14. The Morgan fingerprint density at radius 3 is 2.14 bits per heavy atom. The van der Waals surface area contributed by atoms with Gasteiger partial charge in [-0.3, -0.25) is 4.98 Å². The molecule has 146 valence electrons. The Kier molecular flexibility index (Phi) is 5.17. The first-order valence-corrected chi connectivity index (χ1v) is 9.44. The zero-order chi connectivity index (χ0) is 20.5. The number of pyridine rings is 1. The fraction of sp³-hybridized carbons (Fsp3) is 0.0455. The van der Waals surface area contributed by atoms with E-state index >= 15 is 0 Å². The molecule has 1 N–H and O–H groups in total. The fourth-order valence-corrected chi connectivity index (χ4v) is 4.26. The monoisotopic (exact) mass is 415 g/mol. The third-order valence-corrected chi connectivity index (χ3v) is 5.52. The van der Waals surface area contributed by atoms with Crippen molar-refractivity contribution in [1.29, 1.82) is 0 Å². The van der Waals surface area contributed by atoms with Gasteiger partial charge in [0.2, 0.25) is 0 Å². The molecule has 0 amide bonds. The molecule has 2 heterocycles. The Hall–Kier alpha value is -3.03. The number of thiophene rings is 1. The third kappa shape index (κ3) is 3.66. The standard InChI is InChI=1S/C22H13F4NOS/c23-13-3-5-18(25)15(8-13)17-11-29-22(16-9-14(24)4-6-19(16)26)20(17)21(28)12-2-1-7-27-10-12/h1-11,21,28H. The molecule has 1 unspecified atom stereocenters. The zero-order valence-electron chi connectivity index (χ0n) is 14.7. The van der Waals surface area contributed by atoms with Gasteiger partial charge < -0.3 is 5.11 Å². The summed E-state index contributed by atoms with van der Waals surface area (Å²) in [5.74, 6) is -2.71. The summed E-state index contributed by atoms with van der Waals surface area (Å²) in [5.41, 5.74) is 0.569. The number of aliphatic hydroxyl groups is 1. The molecule has 1 atom stereocenters. The Morgan fingerprint density at radius 1 is 0.828 bits per heavy atom. The predicted molar refractivity (Wildman–Crippen MR) is 103 cm³/mol. The van der Waals surface area contributed by atoms with Crippen molar-refractivity contribution in [2.24, 2.45) is 0 Å². The average molecular weight is 415 g/mol. The van der Waals surface area contributed by atoms with Gasteiger partial charge in [-0.25, -0.2) is 17.6 Å². The molecule has 2 aromatic carbocycles. The summed E-state index contributed by atoms with van der Waals surface area (Å²) >= 11 is 1.01.